The van der Waals surface area contributed by atoms with Gasteiger partial charge in [0.25, 0.3) is 0 Å². The van der Waals surface area contributed by atoms with E-state index in [1.54, 1.807) is 0 Å². The fraction of sp³-hybridized carbons (Fsp3) is 1.00. The summed E-state index contributed by atoms with van der Waals surface area (Å²) in [5.41, 5.74) is 0. The number of hydrogen-bond donors (Lipinski definition) is 1. The first-order chi connectivity index (χ1) is 8.54. The van der Waals surface area contributed by atoms with Crippen LogP contribution in [0.25, 0.3) is 0 Å². The molecule has 0 aromatic carbocycles. The van der Waals surface area contributed by atoms with Gasteiger partial charge in [-0.1, -0.05) is 13.8 Å². The lowest BCUT2D eigenvalue weighted by atomic mass is 9.99. The van der Waals surface area contributed by atoms with E-state index in [2.05, 4.69) is 37.9 Å². The van der Waals surface area contributed by atoms with Gasteiger partial charge in [-0.15, -0.1) is 0 Å². The second-order valence-electron chi connectivity index (χ2n) is 6.68. The SMILES string of the molecule is CC(C)CC1CN(CC2CCC(C)O2)C(C)CN1. The van der Waals surface area contributed by atoms with E-state index in [1.165, 1.54) is 25.8 Å². The van der Waals surface area contributed by atoms with Gasteiger partial charge in [-0.3, -0.25) is 4.90 Å². The Hall–Kier alpha value is -0.120. The molecule has 2 saturated heterocycles. The van der Waals surface area contributed by atoms with Crippen molar-refractivity contribution >= 4 is 0 Å². The second-order valence-corrected chi connectivity index (χ2v) is 6.68. The Balaban J connectivity index is 1.81. The Labute approximate surface area is 112 Å². The summed E-state index contributed by atoms with van der Waals surface area (Å²) in [7, 11) is 0. The van der Waals surface area contributed by atoms with E-state index < -0.39 is 0 Å². The molecule has 4 unspecified atom stereocenters. The van der Waals surface area contributed by atoms with Crippen LogP contribution in [0.2, 0.25) is 0 Å². The van der Waals surface area contributed by atoms with E-state index in [0.29, 0.717) is 24.3 Å². The molecular weight excluding hydrogens is 224 g/mol. The van der Waals surface area contributed by atoms with Crippen LogP contribution in [0.4, 0.5) is 0 Å². The Morgan fingerprint density at radius 2 is 2.06 bits per heavy atom. The smallest absolute Gasteiger partial charge is 0.0706 e. The lowest BCUT2D eigenvalue weighted by Crippen LogP contribution is -2.57. The van der Waals surface area contributed by atoms with Crippen LogP contribution in [0.1, 0.15) is 47.0 Å². The first-order valence-corrected chi connectivity index (χ1v) is 7.67. The van der Waals surface area contributed by atoms with Crippen molar-refractivity contribution in [2.24, 2.45) is 5.92 Å². The largest absolute Gasteiger partial charge is 0.374 e. The molecule has 0 aromatic rings. The summed E-state index contributed by atoms with van der Waals surface area (Å²) >= 11 is 0. The molecule has 1 N–H and O–H groups in total. The first-order valence-electron chi connectivity index (χ1n) is 7.67. The van der Waals surface area contributed by atoms with Gasteiger partial charge >= 0.3 is 0 Å². The average Bonchev–Trinajstić information content (AvgIpc) is 2.68. The lowest BCUT2D eigenvalue weighted by Gasteiger charge is -2.40. The van der Waals surface area contributed by atoms with E-state index in [4.69, 9.17) is 4.74 Å². The van der Waals surface area contributed by atoms with Crippen molar-refractivity contribution in [3.05, 3.63) is 0 Å². The first kappa shape index (κ1) is 14.3. The molecule has 2 aliphatic rings. The van der Waals surface area contributed by atoms with Crippen LogP contribution in [-0.4, -0.2) is 48.8 Å². The molecule has 106 valence electrons. The maximum Gasteiger partial charge on any atom is 0.0706 e. The fourth-order valence-electron chi connectivity index (χ4n) is 3.26. The maximum absolute atomic E-state index is 5.97. The molecule has 3 heteroatoms. The highest BCUT2D eigenvalue weighted by Crippen LogP contribution is 2.22. The van der Waals surface area contributed by atoms with Crippen molar-refractivity contribution in [2.75, 3.05) is 19.6 Å². The number of rotatable bonds is 4. The molecule has 2 fully saturated rings. The minimum absolute atomic E-state index is 0.472. The van der Waals surface area contributed by atoms with Crippen LogP contribution in [0.3, 0.4) is 0 Å². The molecular formula is C15H30N2O. The van der Waals surface area contributed by atoms with Crippen LogP contribution in [0, 0.1) is 5.92 Å². The molecule has 0 radical (unpaired) electrons. The van der Waals surface area contributed by atoms with Gasteiger partial charge in [0.05, 0.1) is 12.2 Å². The van der Waals surface area contributed by atoms with Gasteiger partial charge in [0, 0.05) is 31.7 Å². The van der Waals surface area contributed by atoms with Crippen molar-refractivity contribution in [1.82, 2.24) is 10.2 Å². The maximum atomic E-state index is 5.97. The molecule has 0 bridgehead atoms. The normalized spacial score (nSPS) is 38.5. The molecule has 4 atom stereocenters. The second kappa shape index (κ2) is 6.36. The molecule has 0 aliphatic carbocycles. The predicted octanol–water partition coefficient (Wildman–Crippen LogP) is 2.26. The zero-order chi connectivity index (χ0) is 13.1. The molecule has 3 nitrogen and oxygen atoms in total. The topological polar surface area (TPSA) is 24.5 Å². The Kier molecular flexibility index (Phi) is 5.05. The molecule has 0 aromatic heterocycles. The van der Waals surface area contributed by atoms with Crippen molar-refractivity contribution in [3.8, 4) is 0 Å². The monoisotopic (exact) mass is 254 g/mol. The molecule has 0 amide bonds. The molecule has 0 saturated carbocycles. The van der Waals surface area contributed by atoms with Gasteiger partial charge in [-0.05, 0) is 39.0 Å². The third-order valence-electron chi connectivity index (χ3n) is 4.29. The highest BCUT2D eigenvalue weighted by Gasteiger charge is 2.30. The average molecular weight is 254 g/mol. The van der Waals surface area contributed by atoms with Gasteiger partial charge in [0.15, 0.2) is 0 Å². The number of nitrogens with zero attached hydrogens (tertiary/aromatic N) is 1. The van der Waals surface area contributed by atoms with Gasteiger partial charge < -0.3 is 10.1 Å². The quantitative estimate of drug-likeness (QED) is 0.833. The van der Waals surface area contributed by atoms with Crippen molar-refractivity contribution in [1.29, 1.82) is 0 Å². The highest BCUT2D eigenvalue weighted by molar-refractivity contribution is 4.86. The minimum atomic E-state index is 0.472. The number of nitrogens with one attached hydrogen (secondary N) is 1. The van der Waals surface area contributed by atoms with Gasteiger partial charge in [0.1, 0.15) is 0 Å². The van der Waals surface area contributed by atoms with Crippen LogP contribution < -0.4 is 5.32 Å². The fourth-order valence-corrected chi connectivity index (χ4v) is 3.26. The minimum Gasteiger partial charge on any atom is -0.374 e. The van der Waals surface area contributed by atoms with Gasteiger partial charge in [-0.25, -0.2) is 0 Å². The molecule has 2 heterocycles. The van der Waals surface area contributed by atoms with Gasteiger partial charge in [-0.2, -0.15) is 0 Å². The zero-order valence-electron chi connectivity index (χ0n) is 12.5. The predicted molar refractivity (Wildman–Crippen MR) is 75.8 cm³/mol. The summed E-state index contributed by atoms with van der Waals surface area (Å²) in [6, 6.07) is 1.31. The Bertz CT molecular complexity index is 257. The summed E-state index contributed by atoms with van der Waals surface area (Å²) in [5.74, 6) is 0.778. The van der Waals surface area contributed by atoms with E-state index in [0.717, 1.165) is 19.0 Å². The van der Waals surface area contributed by atoms with E-state index in [9.17, 15) is 0 Å². The number of hydrogen-bond acceptors (Lipinski definition) is 3. The van der Waals surface area contributed by atoms with Crippen LogP contribution in [0.5, 0.6) is 0 Å². The standard InChI is InChI=1S/C15H30N2O/c1-11(2)7-14-9-17(12(3)8-16-14)10-15-6-5-13(4)18-15/h11-16H,5-10H2,1-4H3. The molecule has 2 aliphatic heterocycles. The number of piperazine rings is 1. The van der Waals surface area contributed by atoms with Crippen LogP contribution >= 0.6 is 0 Å². The summed E-state index contributed by atoms with van der Waals surface area (Å²) < 4.78 is 5.97. The van der Waals surface area contributed by atoms with Crippen molar-refractivity contribution in [2.45, 2.75) is 71.2 Å². The third kappa shape index (κ3) is 3.94. The molecule has 2 rings (SSSR count). The Morgan fingerprint density at radius 1 is 1.28 bits per heavy atom. The van der Waals surface area contributed by atoms with Crippen molar-refractivity contribution in [3.63, 3.8) is 0 Å². The highest BCUT2D eigenvalue weighted by atomic mass is 16.5. The third-order valence-corrected chi connectivity index (χ3v) is 4.29. The summed E-state index contributed by atoms with van der Waals surface area (Å²) in [6.45, 7) is 12.6. The summed E-state index contributed by atoms with van der Waals surface area (Å²) in [5, 5.41) is 3.68. The lowest BCUT2D eigenvalue weighted by molar-refractivity contribution is 0.0123. The van der Waals surface area contributed by atoms with Gasteiger partial charge in [0.2, 0.25) is 0 Å². The van der Waals surface area contributed by atoms with Crippen molar-refractivity contribution < 1.29 is 4.74 Å². The Morgan fingerprint density at radius 3 is 2.67 bits per heavy atom. The van der Waals surface area contributed by atoms with Crippen LogP contribution in [-0.2, 0) is 4.74 Å². The van der Waals surface area contributed by atoms with E-state index in [-0.39, 0.29) is 0 Å². The molecule has 0 spiro atoms. The molecule has 18 heavy (non-hydrogen) atoms. The van der Waals surface area contributed by atoms with E-state index in [1.807, 2.05) is 0 Å². The van der Waals surface area contributed by atoms with Crippen LogP contribution in [0.15, 0.2) is 0 Å². The summed E-state index contributed by atoms with van der Waals surface area (Å²) in [6.07, 6.45) is 4.71. The van der Waals surface area contributed by atoms with E-state index >= 15 is 0 Å². The summed E-state index contributed by atoms with van der Waals surface area (Å²) in [4.78, 5) is 2.63. The zero-order valence-corrected chi connectivity index (χ0v) is 12.5. The number of ether oxygens (including phenoxy) is 1.